The molecule has 0 saturated heterocycles. The van der Waals surface area contributed by atoms with Gasteiger partial charge in [0.1, 0.15) is 11.5 Å². The summed E-state index contributed by atoms with van der Waals surface area (Å²) in [6, 6.07) is 6.22. The largest absolute Gasteiger partial charge is 0.320 e. The number of benzene rings is 1. The standard InChI is InChI=1S/C14H17N5O3S/c1-9(2)18-10(3)16-17-14(18)23-8-13(20)15-11-6-4-5-7-12(11)19(21)22/h4-7,9H,8H2,1-3H3,(H,15,20). The van der Waals surface area contributed by atoms with Crippen LogP contribution in [-0.2, 0) is 4.79 Å². The molecule has 8 nitrogen and oxygen atoms in total. The fourth-order valence-electron chi connectivity index (χ4n) is 2.10. The lowest BCUT2D eigenvalue weighted by atomic mass is 10.2. The number of amides is 1. The minimum Gasteiger partial charge on any atom is -0.320 e. The second-order valence-electron chi connectivity index (χ2n) is 5.10. The zero-order chi connectivity index (χ0) is 17.0. The molecule has 0 bridgehead atoms. The van der Waals surface area contributed by atoms with Crippen molar-refractivity contribution in [2.75, 3.05) is 11.1 Å². The molecule has 1 heterocycles. The summed E-state index contributed by atoms with van der Waals surface area (Å²) in [5, 5.41) is 22.2. The summed E-state index contributed by atoms with van der Waals surface area (Å²) < 4.78 is 1.93. The quantitative estimate of drug-likeness (QED) is 0.494. The number of aromatic nitrogens is 3. The van der Waals surface area contributed by atoms with Crippen molar-refractivity contribution in [3.63, 3.8) is 0 Å². The van der Waals surface area contributed by atoms with Crippen LogP contribution in [0.25, 0.3) is 0 Å². The smallest absolute Gasteiger partial charge is 0.292 e. The Morgan fingerprint density at radius 3 is 2.74 bits per heavy atom. The summed E-state index contributed by atoms with van der Waals surface area (Å²) in [7, 11) is 0. The number of aryl methyl sites for hydroxylation is 1. The molecule has 0 fully saturated rings. The van der Waals surface area contributed by atoms with Crippen LogP contribution in [0.5, 0.6) is 0 Å². The topological polar surface area (TPSA) is 103 Å². The second kappa shape index (κ2) is 7.23. The van der Waals surface area contributed by atoms with Crippen molar-refractivity contribution in [2.45, 2.75) is 32.0 Å². The number of thioether (sulfide) groups is 1. The van der Waals surface area contributed by atoms with E-state index in [0.717, 1.165) is 5.82 Å². The summed E-state index contributed by atoms with van der Waals surface area (Å²) in [5.74, 6) is 0.540. The van der Waals surface area contributed by atoms with Gasteiger partial charge in [0.25, 0.3) is 5.69 Å². The predicted molar refractivity (Wildman–Crippen MR) is 87.6 cm³/mol. The van der Waals surface area contributed by atoms with E-state index in [0.29, 0.717) is 5.16 Å². The molecule has 0 atom stereocenters. The Morgan fingerprint density at radius 2 is 2.09 bits per heavy atom. The van der Waals surface area contributed by atoms with Crippen LogP contribution in [0.3, 0.4) is 0 Å². The van der Waals surface area contributed by atoms with Crippen LogP contribution in [0.15, 0.2) is 29.4 Å². The van der Waals surface area contributed by atoms with Crippen LogP contribution in [0.4, 0.5) is 11.4 Å². The maximum absolute atomic E-state index is 12.0. The van der Waals surface area contributed by atoms with Gasteiger partial charge in [-0.25, -0.2) is 0 Å². The van der Waals surface area contributed by atoms with E-state index >= 15 is 0 Å². The van der Waals surface area contributed by atoms with Crippen LogP contribution >= 0.6 is 11.8 Å². The van der Waals surface area contributed by atoms with Gasteiger partial charge in [-0.2, -0.15) is 0 Å². The van der Waals surface area contributed by atoms with E-state index < -0.39 is 4.92 Å². The first-order valence-corrected chi connectivity index (χ1v) is 7.96. The molecule has 2 aromatic rings. The Labute approximate surface area is 137 Å². The molecule has 23 heavy (non-hydrogen) atoms. The number of nitrogens with one attached hydrogen (secondary N) is 1. The molecule has 0 saturated carbocycles. The number of rotatable bonds is 6. The number of carbonyl (C=O) groups is 1. The average molecular weight is 335 g/mol. The van der Waals surface area contributed by atoms with E-state index in [1.165, 1.54) is 23.9 Å². The van der Waals surface area contributed by atoms with Gasteiger partial charge in [-0.1, -0.05) is 23.9 Å². The average Bonchev–Trinajstić information content (AvgIpc) is 2.86. The number of para-hydroxylation sites is 2. The summed E-state index contributed by atoms with van der Waals surface area (Å²) in [5.41, 5.74) is 0.0525. The number of anilines is 1. The Hall–Kier alpha value is -2.42. The Balaban J connectivity index is 2.03. The number of nitro groups is 1. The third kappa shape index (κ3) is 4.07. The summed E-state index contributed by atoms with van der Waals surface area (Å²) in [4.78, 5) is 22.4. The van der Waals surface area contributed by atoms with E-state index in [2.05, 4.69) is 15.5 Å². The molecule has 1 N–H and O–H groups in total. The lowest BCUT2D eigenvalue weighted by Gasteiger charge is -2.11. The summed E-state index contributed by atoms with van der Waals surface area (Å²) >= 11 is 1.25. The van der Waals surface area contributed by atoms with Crippen molar-refractivity contribution in [1.82, 2.24) is 14.8 Å². The zero-order valence-corrected chi connectivity index (χ0v) is 13.8. The molecule has 1 aromatic heterocycles. The lowest BCUT2D eigenvalue weighted by molar-refractivity contribution is -0.383. The minimum atomic E-state index is -0.526. The Morgan fingerprint density at radius 1 is 1.39 bits per heavy atom. The van der Waals surface area contributed by atoms with Gasteiger partial charge < -0.3 is 9.88 Å². The van der Waals surface area contributed by atoms with Crippen molar-refractivity contribution in [3.8, 4) is 0 Å². The first-order valence-electron chi connectivity index (χ1n) is 6.97. The maximum atomic E-state index is 12.0. The molecule has 122 valence electrons. The van der Waals surface area contributed by atoms with Gasteiger partial charge in [-0.05, 0) is 26.8 Å². The SMILES string of the molecule is Cc1nnc(SCC(=O)Nc2ccccc2[N+](=O)[O-])n1C(C)C. The van der Waals surface area contributed by atoms with Gasteiger partial charge in [-0.3, -0.25) is 14.9 Å². The lowest BCUT2D eigenvalue weighted by Crippen LogP contribution is -2.16. The summed E-state index contributed by atoms with van der Waals surface area (Å²) in [6.07, 6.45) is 0. The number of hydrogen-bond acceptors (Lipinski definition) is 6. The van der Waals surface area contributed by atoms with Crippen molar-refractivity contribution in [1.29, 1.82) is 0 Å². The van der Waals surface area contributed by atoms with Gasteiger partial charge in [0.15, 0.2) is 5.16 Å². The van der Waals surface area contributed by atoms with Crippen LogP contribution in [0.1, 0.15) is 25.7 Å². The van der Waals surface area contributed by atoms with Crippen molar-refractivity contribution >= 4 is 29.0 Å². The van der Waals surface area contributed by atoms with Crippen molar-refractivity contribution < 1.29 is 9.72 Å². The van der Waals surface area contributed by atoms with E-state index in [9.17, 15) is 14.9 Å². The van der Waals surface area contributed by atoms with Crippen molar-refractivity contribution in [3.05, 3.63) is 40.2 Å². The molecular formula is C14H17N5O3S. The molecule has 0 aliphatic heterocycles. The van der Waals surface area contributed by atoms with E-state index in [1.807, 2.05) is 25.3 Å². The third-order valence-corrected chi connectivity index (χ3v) is 4.00. The maximum Gasteiger partial charge on any atom is 0.292 e. The van der Waals surface area contributed by atoms with Crippen LogP contribution in [0.2, 0.25) is 0 Å². The minimum absolute atomic E-state index is 0.0941. The molecule has 1 aromatic carbocycles. The fourth-order valence-corrected chi connectivity index (χ4v) is 3.01. The molecule has 9 heteroatoms. The monoisotopic (exact) mass is 335 g/mol. The van der Waals surface area contributed by atoms with Gasteiger partial charge in [0.2, 0.25) is 5.91 Å². The first-order chi connectivity index (χ1) is 10.9. The Bertz CT molecular complexity index is 729. The third-order valence-electron chi connectivity index (χ3n) is 3.06. The second-order valence-corrected chi connectivity index (χ2v) is 6.05. The number of nitrogens with zero attached hydrogens (tertiary/aromatic N) is 4. The van der Waals surface area contributed by atoms with Crippen molar-refractivity contribution in [2.24, 2.45) is 0 Å². The molecule has 0 radical (unpaired) electrons. The normalized spacial score (nSPS) is 10.8. The number of carbonyl (C=O) groups excluding carboxylic acids is 1. The molecular weight excluding hydrogens is 318 g/mol. The number of nitro benzene ring substituents is 1. The van der Waals surface area contributed by atoms with E-state index in [4.69, 9.17) is 0 Å². The van der Waals surface area contributed by atoms with E-state index in [1.54, 1.807) is 12.1 Å². The van der Waals surface area contributed by atoms with Gasteiger partial charge in [0.05, 0.1) is 10.7 Å². The van der Waals surface area contributed by atoms with Crippen LogP contribution in [-0.4, -0.2) is 31.3 Å². The molecule has 2 rings (SSSR count). The highest BCUT2D eigenvalue weighted by Gasteiger charge is 2.17. The van der Waals surface area contributed by atoms with Gasteiger partial charge >= 0.3 is 0 Å². The zero-order valence-electron chi connectivity index (χ0n) is 13.0. The molecule has 0 spiro atoms. The molecule has 1 amide bonds. The molecule has 0 aliphatic carbocycles. The van der Waals surface area contributed by atoms with Gasteiger partial charge in [0, 0.05) is 12.1 Å². The van der Waals surface area contributed by atoms with E-state index in [-0.39, 0.29) is 29.1 Å². The Kier molecular flexibility index (Phi) is 5.32. The molecule has 0 unspecified atom stereocenters. The number of hydrogen-bond donors (Lipinski definition) is 1. The first kappa shape index (κ1) is 16.9. The highest BCUT2D eigenvalue weighted by Crippen LogP contribution is 2.25. The molecule has 0 aliphatic rings. The van der Waals surface area contributed by atoms with Crippen LogP contribution in [0, 0.1) is 17.0 Å². The van der Waals surface area contributed by atoms with Gasteiger partial charge in [-0.15, -0.1) is 10.2 Å². The van der Waals surface area contributed by atoms with Crippen LogP contribution < -0.4 is 5.32 Å². The highest BCUT2D eigenvalue weighted by atomic mass is 32.2. The predicted octanol–water partition coefficient (Wildman–Crippen LogP) is 2.81. The highest BCUT2D eigenvalue weighted by molar-refractivity contribution is 7.99. The fraction of sp³-hybridized carbons (Fsp3) is 0.357. The summed E-state index contributed by atoms with van der Waals surface area (Å²) in [6.45, 7) is 5.87.